The molecule has 1 aromatic heterocycles. The van der Waals surface area contributed by atoms with E-state index in [2.05, 4.69) is 5.32 Å². The minimum atomic E-state index is -0.478. The Bertz CT molecular complexity index is 697. The van der Waals surface area contributed by atoms with Crippen LogP contribution in [0.4, 0.5) is 5.69 Å². The molecule has 122 valence electrons. The van der Waals surface area contributed by atoms with Crippen LogP contribution in [0.3, 0.4) is 0 Å². The van der Waals surface area contributed by atoms with Crippen molar-refractivity contribution in [2.75, 3.05) is 6.54 Å². The summed E-state index contributed by atoms with van der Waals surface area (Å²) in [5, 5.41) is 15.6. The Morgan fingerprint density at radius 2 is 2.13 bits per heavy atom. The van der Waals surface area contributed by atoms with Gasteiger partial charge in [0.15, 0.2) is 5.75 Å². The van der Waals surface area contributed by atoms with Crippen molar-refractivity contribution in [3.05, 3.63) is 56.3 Å². The van der Waals surface area contributed by atoms with Gasteiger partial charge in [0, 0.05) is 18.2 Å². The Hall–Kier alpha value is -2.41. The zero-order chi connectivity index (χ0) is 16.8. The minimum absolute atomic E-state index is 0.0716. The number of hydrogen-bond donors (Lipinski definition) is 1. The lowest BCUT2D eigenvalue weighted by Crippen LogP contribution is -2.26. The second-order valence-electron chi connectivity index (χ2n) is 5.44. The summed E-state index contributed by atoms with van der Waals surface area (Å²) < 4.78 is 5.51. The topological polar surface area (TPSA) is 81.5 Å². The van der Waals surface area contributed by atoms with Gasteiger partial charge in [-0.2, -0.15) is 0 Å². The van der Waals surface area contributed by atoms with Crippen LogP contribution in [0.15, 0.2) is 35.7 Å². The first-order valence-electron chi connectivity index (χ1n) is 7.19. The summed E-state index contributed by atoms with van der Waals surface area (Å²) in [7, 11) is 0. The Kier molecular flexibility index (Phi) is 5.70. The first-order valence-corrected chi connectivity index (χ1v) is 8.07. The van der Waals surface area contributed by atoms with Crippen LogP contribution in [0, 0.1) is 16.0 Å². The number of nitrogens with zero attached hydrogens (tertiary/aromatic N) is 1. The Balaban J connectivity index is 1.98. The molecule has 0 radical (unpaired) electrons. The second kappa shape index (κ2) is 7.73. The molecule has 0 aliphatic rings. The normalized spacial score (nSPS) is 10.6. The van der Waals surface area contributed by atoms with Crippen molar-refractivity contribution in [1.29, 1.82) is 0 Å². The second-order valence-corrected chi connectivity index (χ2v) is 6.35. The third-order valence-corrected chi connectivity index (χ3v) is 3.98. The van der Waals surface area contributed by atoms with E-state index in [1.165, 1.54) is 17.4 Å². The van der Waals surface area contributed by atoms with Gasteiger partial charge in [-0.05, 0) is 23.4 Å². The lowest BCUT2D eigenvalue weighted by molar-refractivity contribution is -0.385. The fourth-order valence-electron chi connectivity index (χ4n) is 1.85. The van der Waals surface area contributed by atoms with Gasteiger partial charge < -0.3 is 10.1 Å². The maximum absolute atomic E-state index is 11.9. The molecule has 0 atom stereocenters. The minimum Gasteiger partial charge on any atom is -0.482 e. The largest absolute Gasteiger partial charge is 0.482 e. The van der Waals surface area contributed by atoms with Crippen molar-refractivity contribution in [3.8, 4) is 5.75 Å². The van der Waals surface area contributed by atoms with Crippen LogP contribution in [0.25, 0.3) is 0 Å². The van der Waals surface area contributed by atoms with Crippen LogP contribution in [0.2, 0.25) is 0 Å². The smallest absolute Gasteiger partial charge is 0.310 e. The lowest BCUT2D eigenvalue weighted by atomic mass is 10.2. The molecule has 0 fully saturated rings. The highest BCUT2D eigenvalue weighted by atomic mass is 32.1. The first kappa shape index (κ1) is 17.0. The number of nitrogens with one attached hydrogen (secondary N) is 1. The van der Waals surface area contributed by atoms with Gasteiger partial charge in [-0.1, -0.05) is 26.0 Å². The molecule has 0 aliphatic carbocycles. The van der Waals surface area contributed by atoms with Gasteiger partial charge in [0.1, 0.15) is 6.61 Å². The van der Waals surface area contributed by atoms with Gasteiger partial charge >= 0.3 is 5.69 Å². The van der Waals surface area contributed by atoms with E-state index in [9.17, 15) is 14.9 Å². The Labute approximate surface area is 138 Å². The standard InChI is InChI=1S/C16H18N2O4S/c1-11(2)8-17-16(19)15-7-12(10-23-15)9-22-14-6-4-3-5-13(14)18(20)21/h3-7,10-11H,8-9H2,1-2H3,(H,17,19). The molecule has 2 aromatic rings. The molecule has 1 amide bonds. The summed E-state index contributed by atoms with van der Waals surface area (Å²) in [5.74, 6) is 0.496. The van der Waals surface area contributed by atoms with Crippen LogP contribution < -0.4 is 10.1 Å². The van der Waals surface area contributed by atoms with E-state index < -0.39 is 4.92 Å². The maximum Gasteiger partial charge on any atom is 0.310 e. The van der Waals surface area contributed by atoms with E-state index in [-0.39, 0.29) is 24.0 Å². The zero-order valence-corrected chi connectivity index (χ0v) is 13.8. The summed E-state index contributed by atoms with van der Waals surface area (Å²) in [6, 6.07) is 7.97. The number of thiophene rings is 1. The molecule has 6 nitrogen and oxygen atoms in total. The number of rotatable bonds is 7. The first-order chi connectivity index (χ1) is 11.0. The number of amides is 1. The molecule has 2 rings (SSSR count). The summed E-state index contributed by atoms with van der Waals surface area (Å²) >= 11 is 1.33. The van der Waals surface area contributed by atoms with E-state index in [4.69, 9.17) is 4.74 Å². The lowest BCUT2D eigenvalue weighted by Gasteiger charge is -2.06. The molecular formula is C16H18N2O4S. The van der Waals surface area contributed by atoms with E-state index in [1.807, 2.05) is 19.2 Å². The highest BCUT2D eigenvalue weighted by Gasteiger charge is 2.14. The van der Waals surface area contributed by atoms with Crippen LogP contribution in [-0.2, 0) is 6.61 Å². The van der Waals surface area contributed by atoms with Gasteiger partial charge in [0.05, 0.1) is 9.80 Å². The highest BCUT2D eigenvalue weighted by Crippen LogP contribution is 2.27. The van der Waals surface area contributed by atoms with Crippen molar-refractivity contribution >= 4 is 22.9 Å². The van der Waals surface area contributed by atoms with Gasteiger partial charge in [-0.3, -0.25) is 14.9 Å². The summed E-state index contributed by atoms with van der Waals surface area (Å²) in [4.78, 5) is 23.0. The molecule has 1 heterocycles. The predicted octanol–water partition coefficient (Wildman–Crippen LogP) is 3.62. The average Bonchev–Trinajstić information content (AvgIpc) is 2.99. The predicted molar refractivity (Wildman–Crippen MR) is 88.9 cm³/mol. The molecule has 0 aliphatic heterocycles. The van der Waals surface area contributed by atoms with E-state index in [1.54, 1.807) is 24.3 Å². The molecule has 0 spiro atoms. The molecule has 0 unspecified atom stereocenters. The number of nitro groups is 1. The maximum atomic E-state index is 11.9. The molecule has 7 heteroatoms. The fraction of sp³-hybridized carbons (Fsp3) is 0.312. The summed E-state index contributed by atoms with van der Waals surface area (Å²) in [6.45, 7) is 4.86. The van der Waals surface area contributed by atoms with Crippen molar-refractivity contribution in [2.45, 2.75) is 20.5 Å². The van der Waals surface area contributed by atoms with Crippen molar-refractivity contribution in [3.63, 3.8) is 0 Å². The molecular weight excluding hydrogens is 316 g/mol. The highest BCUT2D eigenvalue weighted by molar-refractivity contribution is 7.12. The summed E-state index contributed by atoms with van der Waals surface area (Å²) in [5.41, 5.74) is 0.737. The van der Waals surface area contributed by atoms with E-state index >= 15 is 0 Å². The SMILES string of the molecule is CC(C)CNC(=O)c1cc(COc2ccccc2[N+](=O)[O-])cs1. The third kappa shape index (κ3) is 4.79. The molecule has 0 bridgehead atoms. The molecule has 0 saturated heterocycles. The van der Waals surface area contributed by atoms with Crippen molar-refractivity contribution in [1.82, 2.24) is 5.32 Å². The van der Waals surface area contributed by atoms with E-state index in [0.29, 0.717) is 17.3 Å². The third-order valence-electron chi connectivity index (χ3n) is 3.00. The van der Waals surface area contributed by atoms with Crippen LogP contribution >= 0.6 is 11.3 Å². The van der Waals surface area contributed by atoms with Gasteiger partial charge in [0.2, 0.25) is 0 Å². The molecule has 1 N–H and O–H groups in total. The number of nitro benzene ring substituents is 1. The number of ether oxygens (including phenoxy) is 1. The van der Waals surface area contributed by atoms with Crippen LogP contribution in [0.1, 0.15) is 29.1 Å². The molecule has 23 heavy (non-hydrogen) atoms. The number of carbonyl (C=O) groups excluding carboxylic acids is 1. The Morgan fingerprint density at radius 3 is 2.83 bits per heavy atom. The number of hydrogen-bond acceptors (Lipinski definition) is 5. The zero-order valence-electron chi connectivity index (χ0n) is 12.9. The fourth-order valence-corrected chi connectivity index (χ4v) is 2.66. The molecule has 1 aromatic carbocycles. The van der Waals surface area contributed by atoms with Gasteiger partial charge in [0.25, 0.3) is 5.91 Å². The monoisotopic (exact) mass is 334 g/mol. The number of benzene rings is 1. The van der Waals surface area contributed by atoms with Crippen molar-refractivity contribution < 1.29 is 14.5 Å². The molecule has 0 saturated carbocycles. The summed E-state index contributed by atoms with van der Waals surface area (Å²) in [6.07, 6.45) is 0. The van der Waals surface area contributed by atoms with Gasteiger partial charge in [-0.25, -0.2) is 0 Å². The van der Waals surface area contributed by atoms with Crippen molar-refractivity contribution in [2.24, 2.45) is 5.92 Å². The van der Waals surface area contributed by atoms with E-state index in [0.717, 1.165) is 5.56 Å². The van der Waals surface area contributed by atoms with Gasteiger partial charge in [-0.15, -0.1) is 11.3 Å². The number of para-hydroxylation sites is 2. The van der Waals surface area contributed by atoms with Crippen LogP contribution in [0.5, 0.6) is 5.75 Å². The number of carbonyl (C=O) groups is 1. The quantitative estimate of drug-likeness (QED) is 0.619. The van der Waals surface area contributed by atoms with Crippen LogP contribution in [-0.4, -0.2) is 17.4 Å². The average molecular weight is 334 g/mol. The Morgan fingerprint density at radius 1 is 1.39 bits per heavy atom.